The molecule has 0 aromatic heterocycles. The predicted molar refractivity (Wildman–Crippen MR) is 116 cm³/mol. The van der Waals surface area contributed by atoms with Crippen molar-refractivity contribution in [3.8, 4) is 6.07 Å². The average molecular weight is 442 g/mol. The van der Waals surface area contributed by atoms with Crippen LogP contribution < -0.4 is 0 Å². The van der Waals surface area contributed by atoms with Crippen molar-refractivity contribution in [3.05, 3.63) is 11.1 Å². The molecule has 4 fully saturated rings. The largest absolute Gasteiger partial charge is 0.463 e. The molecule has 1 aliphatic heterocycles. The summed E-state index contributed by atoms with van der Waals surface area (Å²) in [6.45, 7) is 6.30. The van der Waals surface area contributed by atoms with Crippen LogP contribution in [-0.2, 0) is 19.1 Å². The van der Waals surface area contributed by atoms with Gasteiger partial charge in [-0.2, -0.15) is 5.26 Å². The van der Waals surface area contributed by atoms with E-state index in [0.29, 0.717) is 11.8 Å². The molecule has 32 heavy (non-hydrogen) atoms. The van der Waals surface area contributed by atoms with Crippen molar-refractivity contribution in [3.63, 3.8) is 0 Å². The number of carbonyl (C=O) groups excluding carboxylic acids is 2. The molecule has 4 saturated carbocycles. The summed E-state index contributed by atoms with van der Waals surface area (Å²) < 4.78 is 10.8. The Morgan fingerprint density at radius 3 is 2.62 bits per heavy atom. The summed E-state index contributed by atoms with van der Waals surface area (Å²) in [6, 6.07) is 2.07. The van der Waals surface area contributed by atoms with Crippen LogP contribution in [0.5, 0.6) is 0 Å². The van der Waals surface area contributed by atoms with Gasteiger partial charge in [0, 0.05) is 12.3 Å². The monoisotopic (exact) mass is 441 g/mol. The molecule has 0 bridgehead atoms. The second-order valence-electron chi connectivity index (χ2n) is 11.6. The van der Waals surface area contributed by atoms with E-state index in [1.165, 1.54) is 6.92 Å². The SMILES string of the molecule is CC(=O)O[C@H]1CC[C@@]2(C)[C@H](CC[C@@H]3[C@@H]2CC[C@]2(C)[C@@H](C4=C(C#N)C(=O)OC4)CCC32O)C1. The number of hydrogen-bond acceptors (Lipinski definition) is 6. The van der Waals surface area contributed by atoms with E-state index in [4.69, 9.17) is 9.47 Å². The molecule has 8 atom stereocenters. The molecular weight excluding hydrogens is 406 g/mol. The summed E-state index contributed by atoms with van der Waals surface area (Å²) in [5.41, 5.74) is 0.0365. The molecule has 1 N–H and O–H groups in total. The van der Waals surface area contributed by atoms with Crippen LogP contribution in [0.3, 0.4) is 0 Å². The number of rotatable bonds is 2. The van der Waals surface area contributed by atoms with E-state index >= 15 is 0 Å². The predicted octanol–water partition coefficient (Wildman–Crippen LogP) is 4.07. The number of fused-ring (bicyclic) bond motifs is 5. The van der Waals surface area contributed by atoms with Crippen LogP contribution in [0.1, 0.15) is 78.6 Å². The minimum atomic E-state index is -0.777. The molecule has 1 unspecified atom stereocenters. The van der Waals surface area contributed by atoms with E-state index in [2.05, 4.69) is 19.9 Å². The van der Waals surface area contributed by atoms with Crippen LogP contribution in [0.25, 0.3) is 0 Å². The van der Waals surface area contributed by atoms with E-state index in [0.717, 1.165) is 63.4 Å². The summed E-state index contributed by atoms with van der Waals surface area (Å²) in [4.78, 5) is 23.5. The third-order valence-corrected chi connectivity index (χ3v) is 10.6. The normalized spacial score (nSPS) is 47.7. The quantitative estimate of drug-likeness (QED) is 0.649. The Hall–Kier alpha value is -1.87. The second kappa shape index (κ2) is 7.32. The molecule has 1 heterocycles. The van der Waals surface area contributed by atoms with Gasteiger partial charge in [-0.15, -0.1) is 0 Å². The molecule has 0 aromatic rings. The number of cyclic esters (lactones) is 1. The third-order valence-electron chi connectivity index (χ3n) is 10.6. The zero-order valence-electron chi connectivity index (χ0n) is 19.5. The van der Waals surface area contributed by atoms with Gasteiger partial charge in [-0.1, -0.05) is 13.8 Å². The molecule has 0 saturated heterocycles. The molecule has 5 rings (SSSR count). The van der Waals surface area contributed by atoms with Crippen molar-refractivity contribution in [2.75, 3.05) is 6.61 Å². The van der Waals surface area contributed by atoms with E-state index < -0.39 is 11.6 Å². The van der Waals surface area contributed by atoms with Gasteiger partial charge in [0.2, 0.25) is 0 Å². The Morgan fingerprint density at radius 2 is 1.91 bits per heavy atom. The number of carbonyl (C=O) groups is 2. The van der Waals surface area contributed by atoms with Gasteiger partial charge in [-0.05, 0) is 92.4 Å². The first-order valence-corrected chi connectivity index (χ1v) is 12.3. The van der Waals surface area contributed by atoms with Gasteiger partial charge in [0.25, 0.3) is 0 Å². The summed E-state index contributed by atoms with van der Waals surface area (Å²) in [7, 11) is 0. The number of ether oxygens (including phenoxy) is 2. The zero-order chi connectivity index (χ0) is 22.9. The summed E-state index contributed by atoms with van der Waals surface area (Å²) in [5.74, 6) is 0.560. The van der Waals surface area contributed by atoms with Crippen LogP contribution in [-0.4, -0.2) is 35.4 Å². The van der Waals surface area contributed by atoms with Crippen molar-refractivity contribution >= 4 is 11.9 Å². The molecule has 6 nitrogen and oxygen atoms in total. The summed E-state index contributed by atoms with van der Waals surface area (Å²) in [6.07, 6.45) is 8.48. The molecule has 174 valence electrons. The van der Waals surface area contributed by atoms with Crippen molar-refractivity contribution < 1.29 is 24.2 Å². The first-order chi connectivity index (χ1) is 15.1. The molecule has 0 radical (unpaired) electrons. The zero-order valence-corrected chi connectivity index (χ0v) is 19.5. The number of hydrogen-bond donors (Lipinski definition) is 1. The molecule has 0 aromatic carbocycles. The van der Waals surface area contributed by atoms with Crippen molar-refractivity contribution in [1.29, 1.82) is 5.26 Å². The van der Waals surface area contributed by atoms with E-state index in [1.807, 2.05) is 0 Å². The Morgan fingerprint density at radius 1 is 1.12 bits per heavy atom. The maximum absolute atomic E-state index is 12.3. The first kappa shape index (κ1) is 21.9. The van der Waals surface area contributed by atoms with Crippen LogP contribution in [0.2, 0.25) is 0 Å². The van der Waals surface area contributed by atoms with Gasteiger partial charge in [0.05, 0.1) is 5.60 Å². The molecule has 0 spiro atoms. The molecule has 5 aliphatic rings. The highest BCUT2D eigenvalue weighted by atomic mass is 16.5. The Labute approximate surface area is 190 Å². The lowest BCUT2D eigenvalue weighted by Crippen LogP contribution is -2.62. The smallest absolute Gasteiger partial charge is 0.349 e. The number of aliphatic hydroxyl groups is 1. The lowest BCUT2D eigenvalue weighted by atomic mass is 9.43. The fourth-order valence-electron chi connectivity index (χ4n) is 8.90. The van der Waals surface area contributed by atoms with Crippen LogP contribution in [0, 0.1) is 45.8 Å². The van der Waals surface area contributed by atoms with Crippen molar-refractivity contribution in [2.45, 2.75) is 90.3 Å². The first-order valence-electron chi connectivity index (χ1n) is 12.3. The lowest BCUT2D eigenvalue weighted by Gasteiger charge is -2.63. The summed E-state index contributed by atoms with van der Waals surface area (Å²) in [5, 5.41) is 21.8. The molecule has 0 amide bonds. The van der Waals surface area contributed by atoms with Crippen LogP contribution in [0.15, 0.2) is 11.1 Å². The van der Waals surface area contributed by atoms with Crippen LogP contribution in [0.4, 0.5) is 0 Å². The fraction of sp³-hybridized carbons (Fsp3) is 0.808. The van der Waals surface area contributed by atoms with E-state index in [1.54, 1.807) is 0 Å². The maximum atomic E-state index is 12.3. The maximum Gasteiger partial charge on any atom is 0.349 e. The minimum absolute atomic E-state index is 0.0276. The lowest BCUT2D eigenvalue weighted by molar-refractivity contribution is -0.209. The minimum Gasteiger partial charge on any atom is -0.463 e. The standard InChI is InChI=1S/C26H35NO5/c1-15(28)32-17-6-9-24(2)16(12-17)4-5-22-21(24)7-10-25(3)20(8-11-26(22,25)30)19-14-31-23(29)18(19)13-27/h16-17,20-22,30H,4-12,14H2,1-3H3/t16-,17+,20-,21+,22-,24+,25-,26?/m1/s1. The van der Waals surface area contributed by atoms with Gasteiger partial charge in [0.15, 0.2) is 0 Å². The Bertz CT molecular complexity index is 920. The summed E-state index contributed by atoms with van der Waals surface area (Å²) >= 11 is 0. The molecule has 4 aliphatic carbocycles. The fourth-order valence-corrected chi connectivity index (χ4v) is 8.90. The van der Waals surface area contributed by atoms with Crippen molar-refractivity contribution in [2.24, 2.45) is 34.5 Å². The topological polar surface area (TPSA) is 96.6 Å². The highest BCUT2D eigenvalue weighted by molar-refractivity contribution is 5.96. The Kier molecular flexibility index (Phi) is 5.02. The third kappa shape index (κ3) is 2.86. The number of nitriles is 1. The van der Waals surface area contributed by atoms with Gasteiger partial charge < -0.3 is 14.6 Å². The number of nitrogens with zero attached hydrogens (tertiary/aromatic N) is 1. The van der Waals surface area contributed by atoms with E-state index in [9.17, 15) is 20.0 Å². The molecule has 6 heteroatoms. The number of esters is 2. The van der Waals surface area contributed by atoms with E-state index in [-0.39, 0.29) is 46.9 Å². The van der Waals surface area contributed by atoms with Gasteiger partial charge in [-0.25, -0.2) is 4.79 Å². The Balaban J connectivity index is 1.42. The van der Waals surface area contributed by atoms with Gasteiger partial charge in [0.1, 0.15) is 24.4 Å². The average Bonchev–Trinajstić information content (AvgIpc) is 3.24. The highest BCUT2D eigenvalue weighted by Gasteiger charge is 2.68. The van der Waals surface area contributed by atoms with Gasteiger partial charge in [-0.3, -0.25) is 4.79 Å². The van der Waals surface area contributed by atoms with Crippen molar-refractivity contribution in [1.82, 2.24) is 0 Å². The van der Waals surface area contributed by atoms with Gasteiger partial charge >= 0.3 is 11.9 Å². The molecular formula is C26H35NO5. The van der Waals surface area contributed by atoms with Crippen LogP contribution >= 0.6 is 0 Å². The second-order valence-corrected chi connectivity index (χ2v) is 11.6. The highest BCUT2D eigenvalue weighted by Crippen LogP contribution is 2.70.